The molecule has 0 heterocycles. The summed E-state index contributed by atoms with van der Waals surface area (Å²) < 4.78 is 2.81. The smallest absolute Gasteiger partial charge is 1.00 e. The first kappa shape index (κ1) is 15.3. The monoisotopic (exact) mass is 276 g/mol. The SMILES string of the molecule is C1=CCC([CH2][Ti+2][CH2]C2=CC=CC2)=C1.[Cl-].[Cl-]. The van der Waals surface area contributed by atoms with Gasteiger partial charge in [0.15, 0.2) is 0 Å². The third-order valence-corrected chi connectivity index (χ3v) is 4.60. The van der Waals surface area contributed by atoms with Gasteiger partial charge in [-0.1, -0.05) is 0 Å². The van der Waals surface area contributed by atoms with Crippen LogP contribution in [0.15, 0.2) is 47.6 Å². The molecule has 2 rings (SSSR count). The van der Waals surface area contributed by atoms with E-state index in [1.807, 2.05) is 0 Å². The minimum atomic E-state index is 0. The van der Waals surface area contributed by atoms with Crippen molar-refractivity contribution in [3.05, 3.63) is 47.6 Å². The van der Waals surface area contributed by atoms with E-state index in [0.717, 1.165) is 0 Å². The molecule has 0 atom stereocenters. The molecule has 0 aromatic carbocycles. The van der Waals surface area contributed by atoms with Gasteiger partial charge in [-0.15, -0.1) is 0 Å². The van der Waals surface area contributed by atoms with Crippen LogP contribution in [0.2, 0.25) is 9.45 Å². The van der Waals surface area contributed by atoms with Gasteiger partial charge in [0.2, 0.25) is 0 Å². The van der Waals surface area contributed by atoms with Gasteiger partial charge in [0.25, 0.3) is 0 Å². The summed E-state index contributed by atoms with van der Waals surface area (Å²) in [6, 6.07) is 0. The molecule has 0 aromatic rings. The first-order valence-electron chi connectivity index (χ1n) is 4.85. The molecule has 15 heavy (non-hydrogen) atoms. The van der Waals surface area contributed by atoms with Crippen LogP contribution in [0.3, 0.4) is 0 Å². The number of allylic oxidation sites excluding steroid dienone is 8. The van der Waals surface area contributed by atoms with Gasteiger partial charge in [-0.25, -0.2) is 0 Å². The first-order valence-corrected chi connectivity index (χ1v) is 7.06. The van der Waals surface area contributed by atoms with Crippen LogP contribution in [0, 0.1) is 0 Å². The molecule has 0 aromatic heterocycles. The standard InChI is InChI=1S/2C6H7.2ClH.Ti/c2*1-6-4-2-3-5-6;;;/h2*2-4H,1,5H2;2*1H;/q;;;;+2/p-2. The Labute approximate surface area is 113 Å². The van der Waals surface area contributed by atoms with E-state index in [-0.39, 0.29) is 44.0 Å². The fourth-order valence-electron chi connectivity index (χ4n) is 1.63. The molecule has 0 saturated carbocycles. The maximum atomic E-state index is 2.30. The quantitative estimate of drug-likeness (QED) is 0.506. The van der Waals surface area contributed by atoms with Crippen LogP contribution >= 0.6 is 0 Å². The summed E-state index contributed by atoms with van der Waals surface area (Å²) in [5, 5.41) is 0. The van der Waals surface area contributed by atoms with E-state index >= 15 is 0 Å². The zero-order chi connectivity index (χ0) is 8.93. The molecule has 0 bridgehead atoms. The summed E-state index contributed by atoms with van der Waals surface area (Å²) in [4.78, 5) is 0. The van der Waals surface area contributed by atoms with Crippen molar-refractivity contribution >= 4 is 0 Å². The molecule has 0 amide bonds. The average molecular weight is 277 g/mol. The molecule has 0 saturated heterocycles. The van der Waals surface area contributed by atoms with Crippen molar-refractivity contribution in [3.63, 3.8) is 0 Å². The molecule has 2 aliphatic carbocycles. The van der Waals surface area contributed by atoms with Gasteiger partial charge in [-0.3, -0.25) is 0 Å². The fourth-order valence-corrected chi connectivity index (χ4v) is 3.65. The van der Waals surface area contributed by atoms with Crippen LogP contribution in [-0.2, 0) is 19.2 Å². The molecule has 80 valence electrons. The Balaban J connectivity index is 0.000000980. The van der Waals surface area contributed by atoms with Crippen LogP contribution in [0.4, 0.5) is 0 Å². The fraction of sp³-hybridized carbons (Fsp3) is 0.333. The average Bonchev–Trinajstić information content (AvgIpc) is 2.75. The van der Waals surface area contributed by atoms with Crippen LogP contribution in [0.5, 0.6) is 0 Å². The van der Waals surface area contributed by atoms with Crippen molar-refractivity contribution in [2.45, 2.75) is 22.3 Å². The van der Waals surface area contributed by atoms with E-state index in [2.05, 4.69) is 36.5 Å². The molecule has 0 radical (unpaired) electrons. The molecule has 3 heteroatoms. The van der Waals surface area contributed by atoms with Crippen LogP contribution < -0.4 is 24.8 Å². The zero-order valence-electron chi connectivity index (χ0n) is 8.55. The number of rotatable bonds is 4. The summed E-state index contributed by atoms with van der Waals surface area (Å²) in [6.45, 7) is 0. The Kier molecular flexibility index (Phi) is 8.55. The van der Waals surface area contributed by atoms with Crippen molar-refractivity contribution in [3.8, 4) is 0 Å². The van der Waals surface area contributed by atoms with Crippen molar-refractivity contribution in [2.24, 2.45) is 0 Å². The maximum absolute atomic E-state index is 2.30. The van der Waals surface area contributed by atoms with Crippen LogP contribution in [0.25, 0.3) is 0 Å². The third-order valence-electron chi connectivity index (χ3n) is 2.40. The topological polar surface area (TPSA) is 0 Å². The number of halogens is 2. The predicted octanol–water partition coefficient (Wildman–Crippen LogP) is -2.31. The Hall–Kier alpha value is 0.254. The molecule has 0 spiro atoms. The van der Waals surface area contributed by atoms with E-state index in [0.29, 0.717) is 0 Å². The van der Waals surface area contributed by atoms with Gasteiger partial charge in [-0.05, 0) is 0 Å². The molecule has 0 unspecified atom stereocenters. The number of hydrogen-bond donors (Lipinski definition) is 0. The Bertz CT molecular complexity index is 271. The zero-order valence-corrected chi connectivity index (χ0v) is 11.6. The summed E-state index contributed by atoms with van der Waals surface area (Å²) in [5.74, 6) is 0. The van der Waals surface area contributed by atoms with E-state index < -0.39 is 0 Å². The van der Waals surface area contributed by atoms with E-state index in [1.54, 1.807) is 11.1 Å². The predicted molar refractivity (Wildman–Crippen MR) is 53.3 cm³/mol. The van der Waals surface area contributed by atoms with E-state index in [9.17, 15) is 0 Å². The molecule has 0 nitrogen and oxygen atoms in total. The van der Waals surface area contributed by atoms with Gasteiger partial charge in [0.1, 0.15) is 0 Å². The summed E-state index contributed by atoms with van der Waals surface area (Å²) in [5.41, 5.74) is 3.32. The minimum absolute atomic E-state index is 0. The second-order valence-corrected chi connectivity index (χ2v) is 5.40. The molecule has 0 aliphatic heterocycles. The van der Waals surface area contributed by atoms with E-state index in [4.69, 9.17) is 0 Å². The molecule has 0 N–H and O–H groups in total. The minimum Gasteiger partial charge on any atom is -1.00 e. The van der Waals surface area contributed by atoms with E-state index in [1.165, 1.54) is 22.3 Å². The second kappa shape index (κ2) is 8.41. The molecule has 2 aliphatic rings. The van der Waals surface area contributed by atoms with Gasteiger partial charge < -0.3 is 24.8 Å². The Morgan fingerprint density at radius 3 is 1.67 bits per heavy atom. The van der Waals surface area contributed by atoms with Gasteiger partial charge in [-0.2, -0.15) is 0 Å². The second-order valence-electron chi connectivity index (χ2n) is 3.52. The van der Waals surface area contributed by atoms with Gasteiger partial charge in [0, 0.05) is 0 Å². The first-order chi connectivity index (χ1) is 6.45. The van der Waals surface area contributed by atoms with Gasteiger partial charge in [0.05, 0.1) is 0 Å². The van der Waals surface area contributed by atoms with Crippen molar-refractivity contribution in [1.82, 2.24) is 0 Å². The summed E-state index contributed by atoms with van der Waals surface area (Å²) in [7, 11) is 0. The molecular formula is C12H14Cl2Ti. The largest absolute Gasteiger partial charge is 1.00 e. The summed E-state index contributed by atoms with van der Waals surface area (Å²) >= 11 is 0.254. The molecular weight excluding hydrogens is 263 g/mol. The van der Waals surface area contributed by atoms with Gasteiger partial charge >= 0.3 is 89.0 Å². The van der Waals surface area contributed by atoms with Crippen LogP contribution in [0.1, 0.15) is 12.8 Å². The Morgan fingerprint density at radius 1 is 0.867 bits per heavy atom. The maximum Gasteiger partial charge on any atom is -1.00 e. The van der Waals surface area contributed by atoms with Crippen molar-refractivity contribution < 1.29 is 44.0 Å². The molecule has 0 fully saturated rings. The summed E-state index contributed by atoms with van der Waals surface area (Å²) in [6.07, 6.45) is 15.9. The number of hydrogen-bond acceptors (Lipinski definition) is 0. The van der Waals surface area contributed by atoms with Crippen molar-refractivity contribution in [2.75, 3.05) is 0 Å². The van der Waals surface area contributed by atoms with Crippen molar-refractivity contribution in [1.29, 1.82) is 0 Å². The normalized spacial score (nSPS) is 16.3. The Morgan fingerprint density at radius 2 is 1.33 bits per heavy atom. The third kappa shape index (κ3) is 5.22. The van der Waals surface area contributed by atoms with Crippen LogP contribution in [-0.4, -0.2) is 0 Å².